The van der Waals surface area contributed by atoms with Crippen molar-refractivity contribution in [2.24, 2.45) is 0 Å². The van der Waals surface area contributed by atoms with Crippen molar-refractivity contribution in [3.05, 3.63) is 83.3 Å². The summed E-state index contributed by atoms with van der Waals surface area (Å²) >= 11 is 3.32. The van der Waals surface area contributed by atoms with Crippen molar-refractivity contribution < 1.29 is 17.9 Å². The van der Waals surface area contributed by atoms with Crippen molar-refractivity contribution in [1.82, 2.24) is 9.21 Å². The van der Waals surface area contributed by atoms with E-state index in [-0.39, 0.29) is 17.3 Å². The van der Waals surface area contributed by atoms with Crippen LogP contribution in [0.3, 0.4) is 0 Å². The van der Waals surface area contributed by atoms with Gasteiger partial charge in [0.2, 0.25) is 15.9 Å². The second-order valence-corrected chi connectivity index (χ2v) is 10.5. The van der Waals surface area contributed by atoms with Crippen molar-refractivity contribution >= 4 is 37.5 Å². The van der Waals surface area contributed by atoms with Crippen molar-refractivity contribution in [1.29, 1.82) is 0 Å². The molecule has 0 aliphatic carbocycles. The number of nitrogens with zero attached hydrogens (tertiary/aromatic N) is 2. The van der Waals surface area contributed by atoms with Gasteiger partial charge in [-0.1, -0.05) is 34.1 Å². The largest absolute Gasteiger partial charge is 0.457 e. The highest BCUT2D eigenvalue weighted by Gasteiger charge is 2.29. The number of carbonyl (C=O) groups excluding carboxylic acids is 1. The maximum Gasteiger partial charge on any atom is 0.243 e. The minimum atomic E-state index is -3.53. The van der Waals surface area contributed by atoms with Gasteiger partial charge in [-0.05, 0) is 60.7 Å². The molecule has 3 aromatic rings. The van der Waals surface area contributed by atoms with Gasteiger partial charge in [0.05, 0.1) is 11.4 Å². The SMILES string of the molecule is O=C(CN1CCN(S(=O)(=O)c2ccc(Br)cc2)CC1)Nc1ccc(Oc2ccccc2)cc1. The monoisotopic (exact) mass is 529 g/mol. The molecule has 0 radical (unpaired) electrons. The Morgan fingerprint density at radius 3 is 2.09 bits per heavy atom. The second kappa shape index (κ2) is 10.5. The number of benzene rings is 3. The molecule has 7 nitrogen and oxygen atoms in total. The van der Waals surface area contributed by atoms with Gasteiger partial charge in [0.15, 0.2) is 0 Å². The number of halogens is 1. The summed E-state index contributed by atoms with van der Waals surface area (Å²) in [5, 5.41) is 2.88. The summed E-state index contributed by atoms with van der Waals surface area (Å²) in [5.74, 6) is 1.29. The van der Waals surface area contributed by atoms with E-state index in [0.29, 0.717) is 37.6 Å². The Balaban J connectivity index is 1.26. The van der Waals surface area contributed by atoms with Gasteiger partial charge in [-0.3, -0.25) is 9.69 Å². The molecule has 172 valence electrons. The molecule has 4 rings (SSSR count). The number of carbonyl (C=O) groups is 1. The number of hydrogen-bond acceptors (Lipinski definition) is 5. The van der Waals surface area contributed by atoms with Crippen LogP contribution in [0.25, 0.3) is 0 Å². The van der Waals surface area contributed by atoms with Crippen LogP contribution < -0.4 is 10.1 Å². The summed E-state index contributed by atoms with van der Waals surface area (Å²) < 4.78 is 33.7. The van der Waals surface area contributed by atoms with E-state index in [1.807, 2.05) is 35.2 Å². The number of anilines is 1. The third-order valence-corrected chi connectivity index (χ3v) is 7.71. The summed E-state index contributed by atoms with van der Waals surface area (Å²) in [5.41, 5.74) is 0.678. The molecule has 1 amide bonds. The lowest BCUT2D eigenvalue weighted by Gasteiger charge is -2.33. The molecule has 0 unspecified atom stereocenters. The van der Waals surface area contributed by atoms with Crippen LogP contribution in [-0.2, 0) is 14.8 Å². The van der Waals surface area contributed by atoms with Crippen molar-refractivity contribution in [3.63, 3.8) is 0 Å². The first kappa shape index (κ1) is 23.4. The van der Waals surface area contributed by atoms with E-state index >= 15 is 0 Å². The highest BCUT2D eigenvalue weighted by Crippen LogP contribution is 2.23. The Labute approximate surface area is 202 Å². The van der Waals surface area contributed by atoms with E-state index < -0.39 is 10.0 Å². The molecule has 9 heteroatoms. The van der Waals surface area contributed by atoms with Crippen LogP contribution in [0.1, 0.15) is 0 Å². The number of ether oxygens (including phenoxy) is 1. The lowest BCUT2D eigenvalue weighted by atomic mass is 10.3. The predicted octanol–water partition coefficient (Wildman–Crippen LogP) is 4.19. The zero-order valence-corrected chi connectivity index (χ0v) is 20.3. The first-order valence-corrected chi connectivity index (χ1v) is 12.7. The fourth-order valence-corrected chi connectivity index (χ4v) is 5.20. The third-order valence-electron chi connectivity index (χ3n) is 5.27. The molecule has 1 saturated heterocycles. The van der Waals surface area contributed by atoms with Crippen molar-refractivity contribution in [2.45, 2.75) is 4.90 Å². The molecule has 1 heterocycles. The quantitative estimate of drug-likeness (QED) is 0.496. The van der Waals surface area contributed by atoms with Gasteiger partial charge in [-0.25, -0.2) is 8.42 Å². The van der Waals surface area contributed by atoms with E-state index in [9.17, 15) is 13.2 Å². The van der Waals surface area contributed by atoms with Crippen LogP contribution in [0.2, 0.25) is 0 Å². The van der Waals surface area contributed by atoms with E-state index in [0.717, 1.165) is 10.2 Å². The molecule has 0 saturated carbocycles. The van der Waals surface area contributed by atoms with E-state index in [2.05, 4.69) is 21.2 Å². The van der Waals surface area contributed by atoms with Gasteiger partial charge < -0.3 is 10.1 Å². The molecule has 0 atom stereocenters. The summed E-state index contributed by atoms with van der Waals surface area (Å²) in [7, 11) is -3.53. The van der Waals surface area contributed by atoms with Crippen LogP contribution in [0.5, 0.6) is 11.5 Å². The zero-order valence-electron chi connectivity index (χ0n) is 17.9. The van der Waals surface area contributed by atoms with Gasteiger partial charge in [-0.2, -0.15) is 4.31 Å². The standard InChI is InChI=1S/C24H24BrN3O4S/c25-19-6-12-23(13-7-19)33(30,31)28-16-14-27(15-17-28)18-24(29)26-20-8-10-22(11-9-20)32-21-4-2-1-3-5-21/h1-13H,14-18H2,(H,26,29). The summed E-state index contributed by atoms with van der Waals surface area (Å²) in [6.45, 7) is 1.88. The highest BCUT2D eigenvalue weighted by molar-refractivity contribution is 9.10. The third kappa shape index (κ3) is 6.20. The summed E-state index contributed by atoms with van der Waals surface area (Å²) in [6.07, 6.45) is 0. The minimum Gasteiger partial charge on any atom is -0.457 e. The maximum atomic E-state index is 12.8. The molecule has 1 aliphatic heterocycles. The van der Waals surface area contributed by atoms with Crippen LogP contribution >= 0.6 is 15.9 Å². The smallest absolute Gasteiger partial charge is 0.243 e. The number of rotatable bonds is 7. The van der Waals surface area contributed by atoms with Gasteiger partial charge in [0.25, 0.3) is 0 Å². The average Bonchev–Trinajstić information content (AvgIpc) is 2.82. The summed E-state index contributed by atoms with van der Waals surface area (Å²) in [4.78, 5) is 14.7. The first-order valence-electron chi connectivity index (χ1n) is 10.5. The van der Waals surface area contributed by atoms with Gasteiger partial charge in [0.1, 0.15) is 11.5 Å². The summed E-state index contributed by atoms with van der Waals surface area (Å²) in [6, 6.07) is 23.3. The lowest BCUT2D eigenvalue weighted by molar-refractivity contribution is -0.117. The molecule has 0 spiro atoms. The Morgan fingerprint density at radius 1 is 0.848 bits per heavy atom. The fraction of sp³-hybridized carbons (Fsp3) is 0.208. The minimum absolute atomic E-state index is 0.143. The number of piperazine rings is 1. The van der Waals surface area contributed by atoms with E-state index in [1.165, 1.54) is 4.31 Å². The first-order chi connectivity index (χ1) is 15.9. The van der Waals surface area contributed by atoms with Crippen LogP contribution in [0.15, 0.2) is 88.2 Å². The molecule has 3 aromatic carbocycles. The Bertz CT molecular complexity index is 1180. The van der Waals surface area contributed by atoms with Crippen molar-refractivity contribution in [3.8, 4) is 11.5 Å². The molecule has 1 fully saturated rings. The second-order valence-electron chi connectivity index (χ2n) is 7.62. The average molecular weight is 530 g/mol. The molecule has 1 N–H and O–H groups in total. The Morgan fingerprint density at radius 2 is 1.45 bits per heavy atom. The van der Waals surface area contributed by atoms with E-state index in [1.54, 1.807) is 48.5 Å². The number of amides is 1. The van der Waals surface area contributed by atoms with E-state index in [4.69, 9.17) is 4.74 Å². The normalized spacial score (nSPS) is 15.2. The molecule has 33 heavy (non-hydrogen) atoms. The molecular weight excluding hydrogens is 506 g/mol. The predicted molar refractivity (Wildman–Crippen MR) is 131 cm³/mol. The van der Waals surface area contributed by atoms with Gasteiger partial charge in [0, 0.05) is 36.3 Å². The zero-order chi connectivity index (χ0) is 23.3. The number of para-hydroxylation sites is 1. The van der Waals surface area contributed by atoms with Gasteiger partial charge >= 0.3 is 0 Å². The van der Waals surface area contributed by atoms with Crippen molar-refractivity contribution in [2.75, 3.05) is 38.0 Å². The number of hydrogen-bond donors (Lipinski definition) is 1. The number of nitrogens with one attached hydrogen (secondary N) is 1. The Kier molecular flexibility index (Phi) is 7.44. The molecular formula is C24H24BrN3O4S. The topological polar surface area (TPSA) is 79.0 Å². The van der Waals surface area contributed by atoms with Crippen LogP contribution in [0.4, 0.5) is 5.69 Å². The molecule has 0 aromatic heterocycles. The lowest BCUT2D eigenvalue weighted by Crippen LogP contribution is -2.50. The highest BCUT2D eigenvalue weighted by atomic mass is 79.9. The fourth-order valence-electron chi connectivity index (χ4n) is 3.52. The van der Waals surface area contributed by atoms with Crippen LogP contribution in [0, 0.1) is 0 Å². The molecule has 0 bridgehead atoms. The number of sulfonamides is 1. The van der Waals surface area contributed by atoms with Gasteiger partial charge in [-0.15, -0.1) is 0 Å². The molecule has 1 aliphatic rings. The maximum absolute atomic E-state index is 12.8. The van der Waals surface area contributed by atoms with Crippen LogP contribution in [-0.4, -0.2) is 56.3 Å². The Hall–Kier alpha value is -2.72.